The van der Waals surface area contributed by atoms with Gasteiger partial charge in [-0.05, 0) is 43.9 Å². The van der Waals surface area contributed by atoms with Crippen LogP contribution < -0.4 is 5.32 Å². The highest BCUT2D eigenvalue weighted by atomic mass is 35.5. The van der Waals surface area contributed by atoms with Gasteiger partial charge in [-0.15, -0.1) is 0 Å². The van der Waals surface area contributed by atoms with Crippen LogP contribution in [0.4, 0.5) is 0 Å². The maximum Gasteiger partial charge on any atom is 0.255 e. The van der Waals surface area contributed by atoms with E-state index >= 15 is 0 Å². The van der Waals surface area contributed by atoms with Crippen molar-refractivity contribution in [3.05, 3.63) is 57.9 Å². The lowest BCUT2D eigenvalue weighted by Crippen LogP contribution is -2.39. The fourth-order valence-corrected chi connectivity index (χ4v) is 4.89. The number of carbonyl (C=O) groups excluding carboxylic acids is 2. The van der Waals surface area contributed by atoms with Crippen LogP contribution in [0.1, 0.15) is 69.6 Å². The number of likely N-dealkylation sites (tertiary alicyclic amines) is 1. The van der Waals surface area contributed by atoms with Gasteiger partial charge in [0.15, 0.2) is 5.65 Å². The summed E-state index contributed by atoms with van der Waals surface area (Å²) in [5.74, 6) is 0.255. The van der Waals surface area contributed by atoms with E-state index in [1.165, 1.54) is 0 Å². The van der Waals surface area contributed by atoms with Crippen LogP contribution in [-0.2, 0) is 7.05 Å². The molecule has 0 radical (unpaired) electrons. The predicted molar refractivity (Wildman–Crippen MR) is 123 cm³/mol. The maximum atomic E-state index is 13.2. The summed E-state index contributed by atoms with van der Waals surface area (Å²) >= 11 is 6.27. The topological polar surface area (TPSA) is 80.1 Å². The summed E-state index contributed by atoms with van der Waals surface area (Å²) in [4.78, 5) is 32.7. The lowest BCUT2D eigenvalue weighted by atomic mass is 9.91. The Morgan fingerprint density at radius 3 is 2.62 bits per heavy atom. The number of carbonyl (C=O) groups is 2. The molecule has 2 fully saturated rings. The van der Waals surface area contributed by atoms with Crippen LogP contribution in [0.25, 0.3) is 11.0 Å². The zero-order valence-electron chi connectivity index (χ0n) is 18.3. The molecular weight excluding hydrogens is 426 g/mol. The first-order chi connectivity index (χ1) is 15.5. The molecule has 1 aromatic carbocycles. The summed E-state index contributed by atoms with van der Waals surface area (Å²) < 4.78 is 1.78. The molecule has 32 heavy (non-hydrogen) atoms. The van der Waals surface area contributed by atoms with Gasteiger partial charge in [0.1, 0.15) is 0 Å². The molecule has 2 aromatic heterocycles. The fourth-order valence-electron chi connectivity index (χ4n) is 4.67. The molecule has 2 amide bonds. The van der Waals surface area contributed by atoms with E-state index < -0.39 is 0 Å². The Kier molecular flexibility index (Phi) is 5.37. The highest BCUT2D eigenvalue weighted by Gasteiger charge is 2.33. The van der Waals surface area contributed by atoms with E-state index in [2.05, 4.69) is 5.32 Å². The molecule has 1 saturated carbocycles. The number of aromatic nitrogens is 3. The summed E-state index contributed by atoms with van der Waals surface area (Å²) in [5, 5.41) is 8.84. The van der Waals surface area contributed by atoms with E-state index in [0.29, 0.717) is 35.2 Å². The van der Waals surface area contributed by atoms with Crippen molar-refractivity contribution >= 4 is 34.4 Å². The number of piperidine rings is 1. The quantitative estimate of drug-likeness (QED) is 0.652. The monoisotopic (exact) mass is 451 g/mol. The van der Waals surface area contributed by atoms with Gasteiger partial charge in [-0.1, -0.05) is 23.7 Å². The zero-order valence-corrected chi connectivity index (χ0v) is 19.0. The number of hydrogen-bond acceptors (Lipinski definition) is 4. The van der Waals surface area contributed by atoms with E-state index in [9.17, 15) is 9.59 Å². The molecule has 1 aliphatic carbocycles. The highest BCUT2D eigenvalue weighted by molar-refractivity contribution is 6.33. The first kappa shape index (κ1) is 20.9. The van der Waals surface area contributed by atoms with E-state index in [1.54, 1.807) is 23.9 Å². The lowest BCUT2D eigenvalue weighted by Gasteiger charge is -2.32. The molecular formula is C24H26ClN5O2. The number of hydrogen-bond donors (Lipinski definition) is 1. The van der Waals surface area contributed by atoms with Gasteiger partial charge in [0.2, 0.25) is 0 Å². The summed E-state index contributed by atoms with van der Waals surface area (Å²) in [6, 6.07) is 9.07. The molecule has 1 saturated heterocycles. The van der Waals surface area contributed by atoms with Gasteiger partial charge < -0.3 is 10.2 Å². The number of amides is 2. The number of rotatable bonds is 4. The number of fused-ring (bicyclic) bond motifs is 1. The molecule has 2 aliphatic rings. The second-order valence-corrected chi connectivity index (χ2v) is 9.13. The Morgan fingerprint density at radius 1 is 1.12 bits per heavy atom. The summed E-state index contributed by atoms with van der Waals surface area (Å²) in [6.07, 6.45) is 3.98. The van der Waals surface area contributed by atoms with Crippen LogP contribution in [0.15, 0.2) is 30.3 Å². The van der Waals surface area contributed by atoms with Gasteiger partial charge in [-0.2, -0.15) is 5.10 Å². The van der Waals surface area contributed by atoms with Gasteiger partial charge in [-0.25, -0.2) is 4.98 Å². The number of nitrogens with zero attached hydrogens (tertiary/aromatic N) is 4. The van der Waals surface area contributed by atoms with Gasteiger partial charge in [0.05, 0.1) is 27.2 Å². The van der Waals surface area contributed by atoms with Crippen LogP contribution in [0.5, 0.6) is 0 Å². The third kappa shape index (κ3) is 3.64. The number of aryl methyl sites for hydroxylation is 1. The lowest BCUT2D eigenvalue weighted by molar-refractivity contribution is 0.0706. The Morgan fingerprint density at radius 2 is 1.91 bits per heavy atom. The van der Waals surface area contributed by atoms with Crippen molar-refractivity contribution in [1.29, 1.82) is 0 Å². The highest BCUT2D eigenvalue weighted by Crippen LogP contribution is 2.41. The SMILES string of the molecule is CNC(=O)c1cc(C2CC2)nc2c1c(C1CCCN(C(=O)c3ccccc3Cl)C1)nn2C. The van der Waals surface area contributed by atoms with Crippen LogP contribution in [-0.4, -0.2) is 51.6 Å². The van der Waals surface area contributed by atoms with Crippen LogP contribution in [0.2, 0.25) is 5.02 Å². The molecule has 3 heterocycles. The normalized spacial score (nSPS) is 18.7. The van der Waals surface area contributed by atoms with Crippen molar-refractivity contribution in [1.82, 2.24) is 25.0 Å². The molecule has 7 nitrogen and oxygen atoms in total. The molecule has 8 heteroatoms. The van der Waals surface area contributed by atoms with E-state index in [0.717, 1.165) is 48.1 Å². The minimum Gasteiger partial charge on any atom is -0.355 e. The van der Waals surface area contributed by atoms with E-state index in [4.69, 9.17) is 21.7 Å². The number of nitrogens with one attached hydrogen (secondary N) is 1. The van der Waals surface area contributed by atoms with Gasteiger partial charge in [0, 0.05) is 44.7 Å². The van der Waals surface area contributed by atoms with Crippen molar-refractivity contribution in [2.24, 2.45) is 7.05 Å². The van der Waals surface area contributed by atoms with Crippen molar-refractivity contribution in [3.8, 4) is 0 Å². The molecule has 1 aliphatic heterocycles. The Labute approximate surface area is 191 Å². The van der Waals surface area contributed by atoms with Crippen molar-refractivity contribution in [3.63, 3.8) is 0 Å². The third-order valence-electron chi connectivity index (χ3n) is 6.51. The standard InChI is InChI=1S/C24H26ClN5O2/c1-26-23(31)17-12-19(14-9-10-14)27-22-20(17)21(28-29(22)2)15-6-5-11-30(13-15)24(32)16-7-3-4-8-18(16)25/h3-4,7-8,12,14-15H,5-6,9-11,13H2,1-2H3,(H,26,31). The number of pyridine rings is 1. The van der Waals surface area contributed by atoms with Crippen molar-refractivity contribution < 1.29 is 9.59 Å². The van der Waals surface area contributed by atoms with Crippen LogP contribution >= 0.6 is 11.6 Å². The summed E-state index contributed by atoms with van der Waals surface area (Å²) in [5.41, 5.74) is 3.68. The molecule has 1 N–H and O–H groups in total. The van der Waals surface area contributed by atoms with Crippen LogP contribution in [0, 0.1) is 0 Å². The molecule has 3 aromatic rings. The summed E-state index contributed by atoms with van der Waals surface area (Å²) in [7, 11) is 3.52. The Hall–Kier alpha value is -2.93. The first-order valence-electron chi connectivity index (χ1n) is 11.1. The largest absolute Gasteiger partial charge is 0.355 e. The van der Waals surface area contributed by atoms with Gasteiger partial charge in [0.25, 0.3) is 11.8 Å². The summed E-state index contributed by atoms with van der Waals surface area (Å²) in [6.45, 7) is 1.21. The number of halogens is 1. The Balaban J connectivity index is 1.53. The van der Waals surface area contributed by atoms with E-state index in [-0.39, 0.29) is 17.7 Å². The molecule has 1 atom stereocenters. The molecule has 166 valence electrons. The van der Waals surface area contributed by atoms with E-state index in [1.807, 2.05) is 30.1 Å². The second kappa shape index (κ2) is 8.20. The van der Waals surface area contributed by atoms with Gasteiger partial charge >= 0.3 is 0 Å². The smallest absolute Gasteiger partial charge is 0.255 e. The molecule has 5 rings (SSSR count). The average Bonchev–Trinajstić information content (AvgIpc) is 3.62. The molecule has 0 bridgehead atoms. The van der Waals surface area contributed by atoms with Crippen molar-refractivity contribution in [2.45, 2.75) is 37.5 Å². The predicted octanol–water partition coefficient (Wildman–Crippen LogP) is 3.88. The first-order valence-corrected chi connectivity index (χ1v) is 11.5. The third-order valence-corrected chi connectivity index (χ3v) is 6.84. The molecule has 1 unspecified atom stereocenters. The van der Waals surface area contributed by atoms with Gasteiger partial charge in [-0.3, -0.25) is 14.3 Å². The maximum absolute atomic E-state index is 13.2. The minimum atomic E-state index is -0.131. The average molecular weight is 452 g/mol. The Bertz CT molecular complexity index is 1220. The fraction of sp³-hybridized carbons (Fsp3) is 0.417. The molecule has 0 spiro atoms. The number of benzene rings is 1. The minimum absolute atomic E-state index is 0.0240. The zero-order chi connectivity index (χ0) is 22.4. The van der Waals surface area contributed by atoms with Crippen LogP contribution in [0.3, 0.4) is 0 Å². The van der Waals surface area contributed by atoms with Crippen molar-refractivity contribution in [2.75, 3.05) is 20.1 Å². The second-order valence-electron chi connectivity index (χ2n) is 8.73.